The first-order valence-corrected chi connectivity index (χ1v) is 9.58. The molecular formula is C23H24N2O4. The monoisotopic (exact) mass is 392 g/mol. The van der Waals surface area contributed by atoms with Crippen molar-refractivity contribution in [3.05, 3.63) is 77.8 Å². The van der Waals surface area contributed by atoms with Gasteiger partial charge < -0.3 is 14.4 Å². The summed E-state index contributed by atoms with van der Waals surface area (Å²) in [4.78, 5) is 29.6. The number of oxazole rings is 1. The zero-order chi connectivity index (χ0) is 20.6. The number of hydrogen-bond donors (Lipinski definition) is 1. The summed E-state index contributed by atoms with van der Waals surface area (Å²) in [7, 11) is 0. The van der Waals surface area contributed by atoms with Crippen LogP contribution in [-0.2, 0) is 22.4 Å². The number of rotatable bonds is 9. The zero-order valence-electron chi connectivity index (χ0n) is 16.4. The highest BCUT2D eigenvalue weighted by Crippen LogP contribution is 2.24. The molecule has 3 rings (SSSR count). The van der Waals surface area contributed by atoms with Crippen molar-refractivity contribution in [2.75, 3.05) is 13.1 Å². The molecule has 2 aromatic carbocycles. The third-order valence-corrected chi connectivity index (χ3v) is 4.62. The van der Waals surface area contributed by atoms with Gasteiger partial charge in [-0.25, -0.2) is 4.98 Å². The molecule has 6 nitrogen and oxygen atoms in total. The van der Waals surface area contributed by atoms with E-state index in [0.29, 0.717) is 31.0 Å². The number of amides is 1. The highest BCUT2D eigenvalue weighted by Gasteiger charge is 2.18. The van der Waals surface area contributed by atoms with Crippen LogP contribution >= 0.6 is 0 Å². The second-order valence-electron chi connectivity index (χ2n) is 6.83. The maximum Gasteiger partial charge on any atom is 0.323 e. The van der Waals surface area contributed by atoms with Crippen molar-refractivity contribution in [3.8, 4) is 11.3 Å². The van der Waals surface area contributed by atoms with E-state index in [1.807, 2.05) is 67.6 Å². The molecule has 1 heterocycles. The van der Waals surface area contributed by atoms with Gasteiger partial charge in [-0.05, 0) is 18.9 Å². The summed E-state index contributed by atoms with van der Waals surface area (Å²) in [6, 6.07) is 19.4. The van der Waals surface area contributed by atoms with Crippen LogP contribution in [-0.4, -0.2) is 40.0 Å². The average Bonchev–Trinajstić information content (AvgIpc) is 3.11. The van der Waals surface area contributed by atoms with Crippen LogP contribution in [0.2, 0.25) is 0 Å². The molecule has 0 aliphatic heterocycles. The van der Waals surface area contributed by atoms with Gasteiger partial charge in [-0.3, -0.25) is 9.59 Å². The van der Waals surface area contributed by atoms with E-state index in [9.17, 15) is 9.59 Å². The second-order valence-corrected chi connectivity index (χ2v) is 6.83. The molecule has 0 unspecified atom stereocenters. The Balaban J connectivity index is 1.61. The molecule has 0 bridgehead atoms. The number of aryl methyl sites for hydroxylation is 2. The number of carbonyl (C=O) groups excluding carboxylic acids is 1. The fourth-order valence-corrected chi connectivity index (χ4v) is 3.15. The number of nitrogens with zero attached hydrogens (tertiary/aromatic N) is 2. The van der Waals surface area contributed by atoms with Crippen LogP contribution in [0.25, 0.3) is 11.3 Å². The van der Waals surface area contributed by atoms with Gasteiger partial charge in [0, 0.05) is 24.9 Å². The lowest BCUT2D eigenvalue weighted by atomic mass is 10.1. The number of aromatic nitrogens is 1. The van der Waals surface area contributed by atoms with Crippen molar-refractivity contribution in [2.24, 2.45) is 0 Å². The fraction of sp³-hybridized carbons (Fsp3) is 0.261. The molecule has 0 spiro atoms. The molecular weight excluding hydrogens is 368 g/mol. The maximum absolute atomic E-state index is 12.6. The molecule has 0 saturated carbocycles. The molecule has 6 heteroatoms. The SMILES string of the molecule is Cc1nc(CCC(=O)N(CCc2ccccc2)CC(=O)O)oc1-c1ccccc1. The first kappa shape index (κ1) is 20.3. The van der Waals surface area contributed by atoms with Crippen LogP contribution in [0.4, 0.5) is 0 Å². The van der Waals surface area contributed by atoms with E-state index in [1.54, 1.807) is 0 Å². The summed E-state index contributed by atoms with van der Waals surface area (Å²) >= 11 is 0. The molecule has 0 aliphatic carbocycles. The van der Waals surface area contributed by atoms with Gasteiger partial charge in [-0.1, -0.05) is 60.7 Å². The average molecular weight is 392 g/mol. The molecule has 0 fully saturated rings. The lowest BCUT2D eigenvalue weighted by Crippen LogP contribution is -2.37. The molecule has 3 aromatic rings. The van der Waals surface area contributed by atoms with Crippen molar-refractivity contribution < 1.29 is 19.1 Å². The van der Waals surface area contributed by atoms with Gasteiger partial charge in [0.15, 0.2) is 11.7 Å². The summed E-state index contributed by atoms with van der Waals surface area (Å²) in [6.07, 6.45) is 1.08. The summed E-state index contributed by atoms with van der Waals surface area (Å²) in [6.45, 7) is 1.91. The largest absolute Gasteiger partial charge is 0.480 e. The quantitative estimate of drug-likeness (QED) is 0.600. The van der Waals surface area contributed by atoms with Gasteiger partial charge in [0.25, 0.3) is 0 Å². The van der Waals surface area contributed by atoms with E-state index in [4.69, 9.17) is 9.52 Å². The summed E-state index contributed by atoms with van der Waals surface area (Å²) < 4.78 is 5.84. The Morgan fingerprint density at radius 3 is 2.31 bits per heavy atom. The minimum atomic E-state index is -1.02. The van der Waals surface area contributed by atoms with E-state index in [-0.39, 0.29) is 18.9 Å². The molecule has 150 valence electrons. The topological polar surface area (TPSA) is 83.6 Å². The minimum Gasteiger partial charge on any atom is -0.480 e. The molecule has 29 heavy (non-hydrogen) atoms. The van der Waals surface area contributed by atoms with Crippen LogP contribution in [0.5, 0.6) is 0 Å². The first-order valence-electron chi connectivity index (χ1n) is 9.58. The smallest absolute Gasteiger partial charge is 0.323 e. The Morgan fingerprint density at radius 1 is 1.00 bits per heavy atom. The Hall–Kier alpha value is -3.41. The molecule has 1 aromatic heterocycles. The van der Waals surface area contributed by atoms with E-state index < -0.39 is 5.97 Å². The molecule has 0 atom stereocenters. The van der Waals surface area contributed by atoms with Gasteiger partial charge in [0.2, 0.25) is 5.91 Å². The fourth-order valence-electron chi connectivity index (χ4n) is 3.15. The number of carboxylic acid groups (broad SMARTS) is 1. The Morgan fingerprint density at radius 2 is 1.66 bits per heavy atom. The number of hydrogen-bond acceptors (Lipinski definition) is 4. The number of carboxylic acids is 1. The van der Waals surface area contributed by atoms with Gasteiger partial charge >= 0.3 is 5.97 Å². The highest BCUT2D eigenvalue weighted by molar-refractivity contribution is 5.81. The molecule has 1 N–H and O–H groups in total. The maximum atomic E-state index is 12.6. The molecule has 1 amide bonds. The van der Waals surface area contributed by atoms with E-state index in [1.165, 1.54) is 4.90 Å². The second kappa shape index (κ2) is 9.68. The molecule has 0 radical (unpaired) electrons. The lowest BCUT2D eigenvalue weighted by Gasteiger charge is -2.20. The predicted octanol–water partition coefficient (Wildman–Crippen LogP) is 3.74. The molecule has 0 aliphatic rings. The van der Waals surface area contributed by atoms with Crippen LogP contribution in [0.15, 0.2) is 65.1 Å². The van der Waals surface area contributed by atoms with Crippen molar-refractivity contribution in [3.63, 3.8) is 0 Å². The van der Waals surface area contributed by atoms with E-state index in [2.05, 4.69) is 4.98 Å². The van der Waals surface area contributed by atoms with Gasteiger partial charge in [0.1, 0.15) is 6.54 Å². The Kier molecular flexibility index (Phi) is 6.79. The van der Waals surface area contributed by atoms with Crippen molar-refractivity contribution in [2.45, 2.75) is 26.2 Å². The van der Waals surface area contributed by atoms with Gasteiger partial charge in [-0.2, -0.15) is 0 Å². The van der Waals surface area contributed by atoms with E-state index >= 15 is 0 Å². The van der Waals surface area contributed by atoms with Crippen molar-refractivity contribution in [1.29, 1.82) is 0 Å². The summed E-state index contributed by atoms with van der Waals surface area (Å²) in [5.74, 6) is -0.0715. The van der Waals surface area contributed by atoms with Gasteiger partial charge in [0.05, 0.1) is 5.69 Å². The number of carbonyl (C=O) groups is 2. The highest BCUT2D eigenvalue weighted by atomic mass is 16.4. The Labute approximate surface area is 169 Å². The summed E-state index contributed by atoms with van der Waals surface area (Å²) in [5, 5.41) is 9.16. The standard InChI is InChI=1S/C23H24N2O4/c1-17-23(19-10-6-3-7-11-19)29-20(24-17)12-13-21(26)25(16-22(27)28)15-14-18-8-4-2-5-9-18/h2-11H,12-16H2,1H3,(H,27,28). The van der Waals surface area contributed by atoms with Crippen LogP contribution in [0.3, 0.4) is 0 Å². The predicted molar refractivity (Wildman–Crippen MR) is 109 cm³/mol. The Bertz CT molecular complexity index is 952. The van der Waals surface area contributed by atoms with Crippen LogP contribution < -0.4 is 0 Å². The van der Waals surface area contributed by atoms with E-state index in [0.717, 1.165) is 16.8 Å². The van der Waals surface area contributed by atoms with Crippen molar-refractivity contribution in [1.82, 2.24) is 9.88 Å². The summed E-state index contributed by atoms with van der Waals surface area (Å²) in [5.41, 5.74) is 2.77. The molecule has 0 saturated heterocycles. The first-order chi connectivity index (χ1) is 14.0. The van der Waals surface area contributed by atoms with Crippen molar-refractivity contribution >= 4 is 11.9 Å². The minimum absolute atomic E-state index is 0.149. The third-order valence-electron chi connectivity index (χ3n) is 4.62. The van der Waals surface area contributed by atoms with Crippen LogP contribution in [0.1, 0.15) is 23.6 Å². The lowest BCUT2D eigenvalue weighted by molar-refractivity contribution is -0.144. The third kappa shape index (κ3) is 5.78. The number of benzene rings is 2. The van der Waals surface area contributed by atoms with Gasteiger partial charge in [-0.15, -0.1) is 0 Å². The number of aliphatic carboxylic acids is 1. The zero-order valence-corrected chi connectivity index (χ0v) is 16.4. The normalized spacial score (nSPS) is 10.7. The van der Waals surface area contributed by atoms with Crippen LogP contribution in [0, 0.1) is 6.92 Å².